The minimum Gasteiger partial charge on any atom is -0.466 e. The fraction of sp³-hybridized carbons (Fsp3) is 0.267. The summed E-state index contributed by atoms with van der Waals surface area (Å²) in [6.07, 6.45) is -9.13. The van der Waals surface area contributed by atoms with Crippen molar-refractivity contribution in [3.8, 4) is 11.5 Å². The second-order valence-corrected chi connectivity index (χ2v) is 9.80. The molecule has 226 valence electrons. The number of esters is 1. The van der Waals surface area contributed by atoms with Crippen molar-refractivity contribution >= 4 is 11.9 Å². The molecule has 0 saturated heterocycles. The van der Waals surface area contributed by atoms with E-state index in [1.54, 1.807) is 25.1 Å². The van der Waals surface area contributed by atoms with Gasteiger partial charge in [0.25, 0.3) is 0 Å². The number of alkyl halides is 6. The lowest BCUT2D eigenvalue weighted by Gasteiger charge is -2.38. The van der Waals surface area contributed by atoms with E-state index in [9.17, 15) is 31.1 Å². The van der Waals surface area contributed by atoms with Crippen molar-refractivity contribution in [2.75, 3.05) is 13.9 Å². The summed E-state index contributed by atoms with van der Waals surface area (Å²) in [7, 11) is 1.16. The van der Waals surface area contributed by atoms with Gasteiger partial charge in [0.05, 0.1) is 42.9 Å². The highest BCUT2D eigenvalue weighted by Crippen LogP contribution is 2.36. The lowest BCUT2D eigenvalue weighted by atomic mass is 9.93. The Kier molecular flexibility index (Phi) is 8.00. The van der Waals surface area contributed by atoms with E-state index in [0.29, 0.717) is 22.8 Å². The van der Waals surface area contributed by atoms with Crippen LogP contribution in [0.4, 0.5) is 26.3 Å². The molecule has 1 unspecified atom stereocenters. The van der Waals surface area contributed by atoms with Crippen molar-refractivity contribution in [2.24, 2.45) is 4.99 Å². The molecule has 5 rings (SSSR count). The van der Waals surface area contributed by atoms with Crippen LogP contribution in [0.15, 0.2) is 83.0 Å². The van der Waals surface area contributed by atoms with E-state index >= 15 is 0 Å². The number of guanidine groups is 1. The number of methoxy groups -OCH3 is 1. The SMILES string of the molecule is COC(=O)C1=C(C)N(Cc2cccc(C(F)(F)F)c2)C(=NCc2ccc3c(c2)OCO3)NC1c1ccc(C(F)(F)F)cc1. The van der Waals surface area contributed by atoms with Gasteiger partial charge in [-0.25, -0.2) is 9.79 Å². The zero-order valence-electron chi connectivity index (χ0n) is 22.8. The third-order valence-electron chi connectivity index (χ3n) is 7.03. The number of benzene rings is 3. The Hall–Kier alpha value is -4.68. The average Bonchev–Trinajstić information content (AvgIpc) is 3.44. The smallest absolute Gasteiger partial charge is 0.416 e. The van der Waals surface area contributed by atoms with Crippen LogP contribution in [0.5, 0.6) is 11.5 Å². The molecule has 0 spiro atoms. The highest BCUT2D eigenvalue weighted by Gasteiger charge is 2.37. The molecule has 0 fully saturated rings. The number of rotatable bonds is 6. The predicted molar refractivity (Wildman–Crippen MR) is 143 cm³/mol. The van der Waals surface area contributed by atoms with Gasteiger partial charge in [-0.2, -0.15) is 26.3 Å². The molecule has 2 aliphatic heterocycles. The van der Waals surface area contributed by atoms with Gasteiger partial charge < -0.3 is 24.4 Å². The van der Waals surface area contributed by atoms with Crippen LogP contribution in [0.1, 0.15) is 40.8 Å². The van der Waals surface area contributed by atoms with Gasteiger partial charge in [0.15, 0.2) is 17.5 Å². The maximum Gasteiger partial charge on any atom is 0.416 e. The van der Waals surface area contributed by atoms with Crippen LogP contribution in [-0.2, 0) is 35.0 Å². The minimum atomic E-state index is -4.57. The third-order valence-corrected chi connectivity index (χ3v) is 7.03. The van der Waals surface area contributed by atoms with Crippen molar-refractivity contribution in [1.29, 1.82) is 0 Å². The van der Waals surface area contributed by atoms with Crippen LogP contribution >= 0.6 is 0 Å². The Labute approximate surface area is 242 Å². The molecule has 2 heterocycles. The highest BCUT2D eigenvalue weighted by molar-refractivity contribution is 5.96. The van der Waals surface area contributed by atoms with Crippen LogP contribution in [0.2, 0.25) is 0 Å². The first-order valence-electron chi connectivity index (χ1n) is 12.9. The summed E-state index contributed by atoms with van der Waals surface area (Å²) in [4.78, 5) is 19.2. The van der Waals surface area contributed by atoms with Crippen molar-refractivity contribution in [1.82, 2.24) is 10.2 Å². The van der Waals surface area contributed by atoms with Crippen molar-refractivity contribution in [3.63, 3.8) is 0 Å². The molecular formula is C30H25F6N3O4. The molecule has 0 saturated carbocycles. The van der Waals surface area contributed by atoms with Crippen LogP contribution in [0.3, 0.4) is 0 Å². The van der Waals surface area contributed by atoms with Gasteiger partial charge in [-0.3, -0.25) is 0 Å². The molecule has 13 heteroatoms. The topological polar surface area (TPSA) is 72.4 Å². The van der Waals surface area contributed by atoms with Gasteiger partial charge in [0, 0.05) is 5.70 Å². The summed E-state index contributed by atoms with van der Waals surface area (Å²) in [5.41, 5.74) is -0.00891. The van der Waals surface area contributed by atoms with Crippen LogP contribution < -0.4 is 14.8 Å². The molecule has 43 heavy (non-hydrogen) atoms. The number of nitrogens with zero attached hydrogens (tertiary/aromatic N) is 2. The maximum atomic E-state index is 13.4. The third kappa shape index (κ3) is 6.40. The Morgan fingerprint density at radius 1 is 0.930 bits per heavy atom. The Bertz CT molecular complexity index is 1580. The predicted octanol–water partition coefficient (Wildman–Crippen LogP) is 6.60. The molecular weight excluding hydrogens is 580 g/mol. The molecule has 7 nitrogen and oxygen atoms in total. The Balaban J connectivity index is 1.58. The summed E-state index contributed by atoms with van der Waals surface area (Å²) in [6, 6.07) is 13.3. The monoisotopic (exact) mass is 605 g/mol. The second kappa shape index (κ2) is 11.5. The summed E-state index contributed by atoms with van der Waals surface area (Å²) in [5.74, 6) is 0.521. The molecule has 1 N–H and O–H groups in total. The number of ether oxygens (including phenoxy) is 3. The molecule has 0 bridgehead atoms. The largest absolute Gasteiger partial charge is 0.466 e. The van der Waals surface area contributed by atoms with E-state index in [1.165, 1.54) is 29.2 Å². The number of nitrogens with one attached hydrogen (secondary N) is 1. The summed E-state index contributed by atoms with van der Waals surface area (Å²) < 4.78 is 95.8. The summed E-state index contributed by atoms with van der Waals surface area (Å²) >= 11 is 0. The molecule has 2 aliphatic rings. The lowest BCUT2D eigenvalue weighted by Crippen LogP contribution is -2.48. The second-order valence-electron chi connectivity index (χ2n) is 9.80. The fourth-order valence-corrected chi connectivity index (χ4v) is 4.84. The number of hydrogen-bond donors (Lipinski definition) is 1. The first kappa shape index (κ1) is 29.8. The Morgan fingerprint density at radius 2 is 1.63 bits per heavy atom. The van der Waals surface area contributed by atoms with E-state index < -0.39 is 35.5 Å². The van der Waals surface area contributed by atoms with E-state index in [0.717, 1.165) is 36.9 Å². The quantitative estimate of drug-likeness (QED) is 0.252. The number of aliphatic imine (C=N–C) groups is 1. The van der Waals surface area contributed by atoms with Crippen molar-refractivity contribution < 1.29 is 45.3 Å². The normalized spacial score (nSPS) is 17.7. The van der Waals surface area contributed by atoms with Crippen LogP contribution in [-0.4, -0.2) is 30.7 Å². The van der Waals surface area contributed by atoms with E-state index in [-0.39, 0.29) is 37.0 Å². The first-order chi connectivity index (χ1) is 20.3. The van der Waals surface area contributed by atoms with Gasteiger partial charge in [-0.1, -0.05) is 30.3 Å². The average molecular weight is 606 g/mol. The van der Waals surface area contributed by atoms with Gasteiger partial charge in [0.2, 0.25) is 6.79 Å². The summed E-state index contributed by atoms with van der Waals surface area (Å²) in [5, 5.41) is 3.12. The maximum absolute atomic E-state index is 13.4. The lowest BCUT2D eigenvalue weighted by molar-refractivity contribution is -0.138. The van der Waals surface area contributed by atoms with E-state index in [2.05, 4.69) is 10.3 Å². The number of allylic oxidation sites excluding steroid dienone is 1. The van der Waals surface area contributed by atoms with Gasteiger partial charge in [-0.05, 0) is 60.0 Å². The van der Waals surface area contributed by atoms with Crippen LogP contribution in [0.25, 0.3) is 0 Å². The molecule has 0 aliphatic carbocycles. The zero-order chi connectivity index (χ0) is 30.9. The molecule has 0 aromatic heterocycles. The van der Waals surface area contributed by atoms with Gasteiger partial charge in [-0.15, -0.1) is 0 Å². The molecule has 1 atom stereocenters. The van der Waals surface area contributed by atoms with Crippen molar-refractivity contribution in [3.05, 3.63) is 106 Å². The number of carbonyl (C=O) groups is 1. The first-order valence-corrected chi connectivity index (χ1v) is 12.9. The van der Waals surface area contributed by atoms with Gasteiger partial charge in [0.1, 0.15) is 0 Å². The molecule has 3 aromatic rings. The molecule has 0 amide bonds. The number of carbonyl (C=O) groups excluding carboxylic acids is 1. The van der Waals surface area contributed by atoms with E-state index in [1.807, 2.05) is 0 Å². The Morgan fingerprint density at radius 3 is 2.30 bits per heavy atom. The van der Waals surface area contributed by atoms with Gasteiger partial charge >= 0.3 is 18.3 Å². The minimum absolute atomic E-state index is 0.0660. The van der Waals surface area contributed by atoms with E-state index in [4.69, 9.17) is 14.2 Å². The van der Waals surface area contributed by atoms with Crippen LogP contribution in [0, 0.1) is 0 Å². The number of halogens is 6. The van der Waals surface area contributed by atoms with Crippen molar-refractivity contribution in [2.45, 2.75) is 38.4 Å². The molecule has 0 radical (unpaired) electrons. The fourth-order valence-electron chi connectivity index (χ4n) is 4.84. The molecule has 3 aromatic carbocycles. The number of fused-ring (bicyclic) bond motifs is 1. The standard InChI is InChI=1S/C30H25F6N3O4/c1-17-25(27(40)41-2)26(20-7-9-21(10-8-20)29(31,32)33)38-28(37-14-18-6-11-23-24(13-18)43-16-42-23)39(17)15-19-4-3-5-22(12-19)30(34,35)36/h3-13,26H,14-16H2,1-2H3,(H,37,38). The summed E-state index contributed by atoms with van der Waals surface area (Å²) in [6.45, 7) is 1.64. The highest BCUT2D eigenvalue weighted by atomic mass is 19.4. The zero-order valence-corrected chi connectivity index (χ0v) is 22.8. The number of hydrogen-bond acceptors (Lipinski definition) is 5.